The minimum Gasteiger partial charge on any atom is -0.756 e. The molecule has 2 aromatic rings. The van der Waals surface area contributed by atoms with Crippen LogP contribution in [0.5, 0.6) is 0 Å². The van der Waals surface area contributed by atoms with Gasteiger partial charge in [-0.15, -0.1) is 0 Å². The minimum absolute atomic E-state index is 0. The Hall–Kier alpha value is 0.520. The molecule has 1 aliphatic rings. The molecule has 0 aliphatic carbocycles. The molecule has 3 rings (SSSR count). The Morgan fingerprint density at radius 2 is 1.61 bits per heavy atom. The molecule has 2 aromatic heterocycles. The van der Waals surface area contributed by atoms with E-state index in [1.807, 2.05) is 0 Å². The maximum Gasteiger partial charge on any atom is 1.00 e. The average Bonchev–Trinajstić information content (AvgIpc) is 3.13. The van der Waals surface area contributed by atoms with Crippen LogP contribution in [0.1, 0.15) is 6.23 Å². The summed E-state index contributed by atoms with van der Waals surface area (Å²) < 4.78 is 51.0. The van der Waals surface area contributed by atoms with Crippen molar-refractivity contribution < 1.29 is 137 Å². The number of ether oxygens (including phenoxy) is 1. The predicted molar refractivity (Wildman–Crippen MR) is 102 cm³/mol. The molecule has 0 bridgehead atoms. The zero-order valence-electron chi connectivity index (χ0n) is 18.3. The van der Waals surface area contributed by atoms with E-state index in [0.29, 0.717) is 0 Å². The average molecular weight is 605 g/mol. The number of hydrogen-bond donors (Lipinski definition) is 5. The maximum absolute atomic E-state index is 11.7. The van der Waals surface area contributed by atoms with Crippen LogP contribution in [0, 0.1) is 0 Å². The van der Waals surface area contributed by atoms with E-state index in [1.165, 1.54) is 10.9 Å². The second kappa shape index (κ2) is 15.3. The zero-order valence-corrected chi connectivity index (χ0v) is 25.0. The monoisotopic (exact) mass is 605 g/mol. The molecule has 3 unspecified atom stereocenters. The van der Waals surface area contributed by atoms with Crippen molar-refractivity contribution in [2.75, 3.05) is 12.3 Å². The van der Waals surface area contributed by atoms with E-state index in [-0.39, 0.29) is 92.5 Å². The minimum atomic E-state index is -6.01. The van der Waals surface area contributed by atoms with Crippen LogP contribution in [0.4, 0.5) is 5.82 Å². The first-order valence-corrected chi connectivity index (χ1v) is 12.3. The van der Waals surface area contributed by atoms with Crippen molar-refractivity contribution in [2.24, 2.45) is 0 Å². The second-order valence-electron chi connectivity index (χ2n) is 5.97. The van der Waals surface area contributed by atoms with Gasteiger partial charge >= 0.3 is 66.9 Å². The summed E-state index contributed by atoms with van der Waals surface area (Å²) in [6.07, 6.45) is -3.81. The molecule has 7 atom stereocenters. The van der Waals surface area contributed by atoms with Gasteiger partial charge in [0, 0.05) is 0 Å². The molecule has 3 heterocycles. The molecule has 26 heteroatoms. The summed E-state index contributed by atoms with van der Waals surface area (Å²) in [5.41, 5.74) is 5.97. The van der Waals surface area contributed by atoms with Gasteiger partial charge in [0.1, 0.15) is 30.2 Å². The number of imidazole rings is 1. The molecule has 0 spiro atoms. The molecule has 1 saturated heterocycles. The van der Waals surface area contributed by atoms with Crippen molar-refractivity contribution in [3.63, 3.8) is 0 Å². The normalized spacial score (nSPS) is 25.8. The van der Waals surface area contributed by atoms with Gasteiger partial charge in [0.25, 0.3) is 15.6 Å². The molecule has 21 nitrogen and oxygen atoms in total. The van der Waals surface area contributed by atoms with Crippen LogP contribution in [0.15, 0.2) is 12.7 Å². The number of nitrogen functional groups attached to an aromatic ring is 1. The van der Waals surface area contributed by atoms with Crippen LogP contribution in [-0.4, -0.2) is 80.9 Å². The van der Waals surface area contributed by atoms with E-state index in [0.717, 1.165) is 6.33 Å². The van der Waals surface area contributed by atoms with Crippen molar-refractivity contribution in [3.05, 3.63) is 12.7 Å². The number of aromatic nitrogens is 4. The third-order valence-corrected chi connectivity index (χ3v) is 7.53. The molecule has 36 heavy (non-hydrogen) atoms. The number of anilines is 1. The Bertz CT molecular complexity index is 1120. The third-order valence-electron chi connectivity index (χ3n) is 3.81. The summed E-state index contributed by atoms with van der Waals surface area (Å²) in [5, 5.41) is 20.4. The SMILES string of the molecule is Nc1ncnc2c1ncn2[C@H]1O[C@H](COP(=O)(O)OP(=O)([O-])OP(=O)([O-])O)[C@H](O)[C@@H]1O.O.O.O.[Na+].[Na+]. The predicted octanol–water partition coefficient (Wildman–Crippen LogP) is -11.4. The van der Waals surface area contributed by atoms with Gasteiger partial charge in [-0.05, 0) is 0 Å². The van der Waals surface area contributed by atoms with Gasteiger partial charge in [-0.3, -0.25) is 18.2 Å². The first-order chi connectivity index (χ1) is 14.2. The van der Waals surface area contributed by atoms with Crippen LogP contribution in [-0.2, 0) is 31.6 Å². The number of fused-ring (bicyclic) bond motifs is 1. The van der Waals surface area contributed by atoms with E-state index in [2.05, 4.69) is 28.1 Å². The Labute approximate surface area is 244 Å². The van der Waals surface area contributed by atoms with E-state index < -0.39 is 54.6 Å². The molecule has 1 fully saturated rings. The first kappa shape index (κ1) is 41.0. The molecule has 0 saturated carbocycles. The van der Waals surface area contributed by atoms with Crippen LogP contribution >= 0.6 is 23.5 Å². The molecule has 0 aromatic carbocycles. The summed E-state index contributed by atoms with van der Waals surface area (Å²) in [5.74, 6) is 0.0322. The number of aliphatic hydroxyl groups excluding tert-OH is 2. The zero-order chi connectivity index (χ0) is 23.2. The standard InChI is InChI=1S/C10H16N5O13P3.2Na.3H2O/c11-8-5-9(13-2-12-8)15(3-14-5)10-7(17)6(16)4(26-10)1-25-30(21,22)28-31(23,24)27-29(18,19)20;;;;;/h2-4,6-7,10,16-17H,1H2,(H,21,22)(H,23,24)(H2,11,12,13)(H2,18,19,20);;;3*1H2/q;2*+1;;;/p-2/t4-,6+,7+,10+;;;;;/m1...../s1. The Balaban J connectivity index is -0.00000218. The number of phosphoric acid groups is 3. The van der Waals surface area contributed by atoms with Crippen molar-refractivity contribution in [1.29, 1.82) is 0 Å². The van der Waals surface area contributed by atoms with Gasteiger partial charge in [0.2, 0.25) is 0 Å². The van der Waals surface area contributed by atoms with Gasteiger partial charge in [0.15, 0.2) is 17.7 Å². The van der Waals surface area contributed by atoms with Crippen molar-refractivity contribution in [3.8, 4) is 0 Å². The Morgan fingerprint density at radius 1 is 1.03 bits per heavy atom. The van der Waals surface area contributed by atoms with Gasteiger partial charge in [-0.25, -0.2) is 28.1 Å². The van der Waals surface area contributed by atoms with Gasteiger partial charge in [-0.2, -0.15) is 0 Å². The number of phosphoric ester groups is 1. The van der Waals surface area contributed by atoms with Gasteiger partial charge in [0.05, 0.1) is 12.9 Å². The summed E-state index contributed by atoms with van der Waals surface area (Å²) in [6, 6.07) is 0. The number of rotatable bonds is 8. The van der Waals surface area contributed by atoms with Crippen LogP contribution in [0.25, 0.3) is 11.2 Å². The molecule has 0 amide bonds. The van der Waals surface area contributed by atoms with E-state index in [9.17, 15) is 38.6 Å². The molecular weight excluding hydrogens is 585 g/mol. The van der Waals surface area contributed by atoms with Gasteiger partial charge < -0.3 is 56.7 Å². The number of hydrogen-bond acceptors (Lipinski definition) is 15. The van der Waals surface area contributed by atoms with E-state index in [1.54, 1.807) is 0 Å². The van der Waals surface area contributed by atoms with Crippen molar-refractivity contribution in [2.45, 2.75) is 24.5 Å². The Morgan fingerprint density at radius 3 is 2.17 bits per heavy atom. The number of aliphatic hydroxyl groups is 2. The molecule has 198 valence electrons. The van der Waals surface area contributed by atoms with Gasteiger partial charge in [-0.1, -0.05) is 0 Å². The van der Waals surface area contributed by atoms with Crippen LogP contribution < -0.4 is 74.6 Å². The second-order valence-corrected chi connectivity index (χ2v) is 10.3. The summed E-state index contributed by atoms with van der Waals surface area (Å²) in [4.78, 5) is 51.0. The fourth-order valence-electron chi connectivity index (χ4n) is 2.61. The number of nitrogens with two attached hydrogens (primary N) is 1. The fraction of sp³-hybridized carbons (Fsp3) is 0.500. The van der Waals surface area contributed by atoms with Crippen LogP contribution in [0.2, 0.25) is 0 Å². The molecular formula is C10H20N5Na2O16P3. The Kier molecular flexibility index (Phi) is 17.5. The molecule has 12 N–H and O–H groups in total. The largest absolute Gasteiger partial charge is 1.00 e. The van der Waals surface area contributed by atoms with E-state index in [4.69, 9.17) is 15.4 Å². The van der Waals surface area contributed by atoms with Crippen molar-refractivity contribution >= 4 is 40.4 Å². The maximum atomic E-state index is 11.7. The quantitative estimate of drug-likeness (QED) is 0.138. The molecule has 1 aliphatic heterocycles. The smallest absolute Gasteiger partial charge is 0.756 e. The number of nitrogens with zero attached hydrogens (tertiary/aromatic N) is 4. The van der Waals surface area contributed by atoms with Crippen molar-refractivity contribution in [1.82, 2.24) is 19.5 Å². The van der Waals surface area contributed by atoms with Crippen LogP contribution in [0.3, 0.4) is 0 Å². The third kappa shape index (κ3) is 10.2. The summed E-state index contributed by atoms with van der Waals surface area (Å²) in [6.45, 7) is -1.000. The fourth-order valence-corrected chi connectivity index (χ4v) is 5.55. The topological polar surface area (TPSA) is 379 Å². The first-order valence-electron chi connectivity index (χ1n) is 7.88. The summed E-state index contributed by atoms with van der Waals surface area (Å²) >= 11 is 0. The van der Waals surface area contributed by atoms with E-state index >= 15 is 0 Å². The molecule has 0 radical (unpaired) electrons. The summed E-state index contributed by atoms with van der Waals surface area (Å²) in [7, 11) is -17.4.